The van der Waals surface area contributed by atoms with Gasteiger partial charge in [-0.2, -0.15) is 0 Å². The van der Waals surface area contributed by atoms with Crippen LogP contribution in [0.15, 0.2) is 53.0 Å². The number of nitrogens with zero attached hydrogens (tertiary/aromatic N) is 1. The molecule has 4 heteroatoms. The van der Waals surface area contributed by atoms with Gasteiger partial charge in [-0.25, -0.2) is 0 Å². The highest BCUT2D eigenvalue weighted by atomic mass is 79.9. The normalized spacial score (nSPS) is 10.4. The summed E-state index contributed by atoms with van der Waals surface area (Å²) in [6.07, 6.45) is 0. The maximum atomic E-state index is 12.7. The van der Waals surface area contributed by atoms with E-state index in [1.54, 1.807) is 4.90 Å². The molecule has 0 heterocycles. The molecule has 0 saturated heterocycles. The number of carbonyl (C=O) groups excluding carboxylic acids is 1. The lowest BCUT2D eigenvalue weighted by atomic mass is 10.1. The first-order chi connectivity index (χ1) is 10.1. The fourth-order valence-corrected chi connectivity index (χ4v) is 2.86. The zero-order valence-electron chi connectivity index (χ0n) is 12.1. The minimum Gasteiger partial charge on any atom is -0.333 e. The fraction of sp³-hybridized carbons (Fsp3) is 0.235. The Kier molecular flexibility index (Phi) is 5.53. The molecule has 21 heavy (non-hydrogen) atoms. The van der Waals surface area contributed by atoms with Crippen LogP contribution in [0, 0.1) is 6.92 Å². The van der Waals surface area contributed by atoms with Crippen molar-refractivity contribution in [3.05, 3.63) is 69.7 Å². The molecule has 110 valence electrons. The van der Waals surface area contributed by atoms with Crippen molar-refractivity contribution in [3.8, 4) is 0 Å². The topological polar surface area (TPSA) is 46.3 Å². The van der Waals surface area contributed by atoms with Crippen LogP contribution in [-0.4, -0.2) is 23.9 Å². The molecule has 0 fully saturated rings. The summed E-state index contributed by atoms with van der Waals surface area (Å²) in [5, 5.41) is 0. The van der Waals surface area contributed by atoms with E-state index in [0.717, 1.165) is 15.6 Å². The maximum absolute atomic E-state index is 12.7. The molecule has 0 unspecified atom stereocenters. The summed E-state index contributed by atoms with van der Waals surface area (Å²) in [6, 6.07) is 15.7. The van der Waals surface area contributed by atoms with Gasteiger partial charge < -0.3 is 10.6 Å². The van der Waals surface area contributed by atoms with Crippen LogP contribution in [0.3, 0.4) is 0 Å². The number of benzene rings is 2. The highest BCUT2D eigenvalue weighted by molar-refractivity contribution is 9.10. The Bertz CT molecular complexity index is 593. The van der Waals surface area contributed by atoms with Crippen molar-refractivity contribution in [2.75, 3.05) is 13.1 Å². The third-order valence-corrected chi connectivity index (χ3v) is 3.65. The number of hydrogen-bond donors (Lipinski definition) is 1. The van der Waals surface area contributed by atoms with Crippen LogP contribution in [0.25, 0.3) is 0 Å². The molecule has 3 nitrogen and oxygen atoms in total. The molecule has 0 spiro atoms. The average molecular weight is 347 g/mol. The van der Waals surface area contributed by atoms with Crippen LogP contribution in [0.1, 0.15) is 21.5 Å². The molecular formula is C17H19BrN2O. The first kappa shape index (κ1) is 15.7. The third-order valence-electron chi connectivity index (χ3n) is 3.19. The Balaban J connectivity index is 2.22. The van der Waals surface area contributed by atoms with Crippen LogP contribution in [0.4, 0.5) is 0 Å². The first-order valence-electron chi connectivity index (χ1n) is 6.90. The number of aryl methyl sites for hydroxylation is 1. The van der Waals surface area contributed by atoms with E-state index in [4.69, 9.17) is 5.73 Å². The van der Waals surface area contributed by atoms with E-state index in [0.29, 0.717) is 25.2 Å². The molecule has 0 aliphatic rings. The van der Waals surface area contributed by atoms with Gasteiger partial charge in [0.15, 0.2) is 0 Å². The molecule has 2 N–H and O–H groups in total. The van der Waals surface area contributed by atoms with Crippen LogP contribution in [0.2, 0.25) is 0 Å². The van der Waals surface area contributed by atoms with Crippen LogP contribution in [0.5, 0.6) is 0 Å². The van der Waals surface area contributed by atoms with Gasteiger partial charge in [-0.1, -0.05) is 46.3 Å². The molecular weight excluding hydrogens is 328 g/mol. The van der Waals surface area contributed by atoms with Gasteiger partial charge in [-0.3, -0.25) is 4.79 Å². The lowest BCUT2D eigenvalue weighted by Crippen LogP contribution is -2.34. The van der Waals surface area contributed by atoms with E-state index < -0.39 is 0 Å². The summed E-state index contributed by atoms with van der Waals surface area (Å²) in [5.41, 5.74) is 8.50. The molecule has 0 saturated carbocycles. The van der Waals surface area contributed by atoms with Crippen LogP contribution in [-0.2, 0) is 6.54 Å². The molecule has 0 aromatic heterocycles. The largest absolute Gasteiger partial charge is 0.333 e. The molecule has 1 amide bonds. The molecule has 0 bridgehead atoms. The van der Waals surface area contributed by atoms with Gasteiger partial charge in [-0.15, -0.1) is 0 Å². The van der Waals surface area contributed by atoms with Crippen molar-refractivity contribution in [1.29, 1.82) is 0 Å². The second kappa shape index (κ2) is 7.38. The van der Waals surface area contributed by atoms with Gasteiger partial charge in [0.1, 0.15) is 0 Å². The number of rotatable bonds is 5. The molecule has 0 radical (unpaired) electrons. The lowest BCUT2D eigenvalue weighted by Gasteiger charge is -2.22. The number of hydrogen-bond acceptors (Lipinski definition) is 2. The molecule has 0 aliphatic carbocycles. The van der Waals surface area contributed by atoms with Crippen molar-refractivity contribution in [2.24, 2.45) is 5.73 Å². The second-order valence-electron chi connectivity index (χ2n) is 5.02. The predicted molar refractivity (Wildman–Crippen MR) is 89.1 cm³/mol. The Labute approximate surface area is 133 Å². The van der Waals surface area contributed by atoms with Crippen LogP contribution < -0.4 is 5.73 Å². The Hall–Kier alpha value is -1.65. The zero-order valence-corrected chi connectivity index (χ0v) is 13.6. The summed E-state index contributed by atoms with van der Waals surface area (Å²) in [5.74, 6) is 0.00806. The fourth-order valence-electron chi connectivity index (χ4n) is 2.25. The minimum atomic E-state index is 0.00806. The van der Waals surface area contributed by atoms with E-state index in [1.807, 2.05) is 55.5 Å². The summed E-state index contributed by atoms with van der Waals surface area (Å²) < 4.78 is 0.915. The molecule has 2 aromatic rings. The highest BCUT2D eigenvalue weighted by Gasteiger charge is 2.16. The summed E-state index contributed by atoms with van der Waals surface area (Å²) in [4.78, 5) is 14.5. The smallest absolute Gasteiger partial charge is 0.254 e. The van der Waals surface area contributed by atoms with E-state index in [1.165, 1.54) is 0 Å². The standard InChI is InChI=1S/C17H19BrN2O/c1-13-9-15(11-16(18)10-13)17(21)20(8-7-19)12-14-5-3-2-4-6-14/h2-6,9-11H,7-8,12,19H2,1H3. The number of nitrogens with two attached hydrogens (primary N) is 1. The quantitative estimate of drug-likeness (QED) is 0.902. The minimum absolute atomic E-state index is 0.00806. The number of halogens is 1. The van der Waals surface area contributed by atoms with Crippen molar-refractivity contribution in [1.82, 2.24) is 4.90 Å². The van der Waals surface area contributed by atoms with Gasteiger partial charge in [-0.05, 0) is 36.2 Å². The van der Waals surface area contributed by atoms with E-state index in [2.05, 4.69) is 15.9 Å². The molecule has 0 aliphatic heterocycles. The van der Waals surface area contributed by atoms with Crippen molar-refractivity contribution in [3.63, 3.8) is 0 Å². The number of amides is 1. The summed E-state index contributed by atoms with van der Waals surface area (Å²) >= 11 is 3.44. The molecule has 2 rings (SSSR count). The van der Waals surface area contributed by atoms with Gasteiger partial charge in [0, 0.05) is 29.7 Å². The Morgan fingerprint density at radius 1 is 1.19 bits per heavy atom. The van der Waals surface area contributed by atoms with Crippen molar-refractivity contribution in [2.45, 2.75) is 13.5 Å². The number of carbonyl (C=O) groups is 1. The van der Waals surface area contributed by atoms with Crippen LogP contribution >= 0.6 is 15.9 Å². The highest BCUT2D eigenvalue weighted by Crippen LogP contribution is 2.17. The molecule has 0 atom stereocenters. The first-order valence-corrected chi connectivity index (χ1v) is 7.70. The average Bonchev–Trinajstić information content (AvgIpc) is 2.46. The Morgan fingerprint density at radius 2 is 1.90 bits per heavy atom. The van der Waals surface area contributed by atoms with Gasteiger partial charge in [0.25, 0.3) is 5.91 Å². The van der Waals surface area contributed by atoms with Crippen molar-refractivity contribution < 1.29 is 4.79 Å². The summed E-state index contributed by atoms with van der Waals surface area (Å²) in [6.45, 7) is 3.54. The van der Waals surface area contributed by atoms with Gasteiger partial charge in [0.2, 0.25) is 0 Å². The SMILES string of the molecule is Cc1cc(Br)cc(C(=O)N(CCN)Cc2ccccc2)c1. The monoisotopic (exact) mass is 346 g/mol. The van der Waals surface area contributed by atoms with E-state index in [9.17, 15) is 4.79 Å². The van der Waals surface area contributed by atoms with Gasteiger partial charge >= 0.3 is 0 Å². The molecule has 2 aromatic carbocycles. The second-order valence-corrected chi connectivity index (χ2v) is 5.93. The Morgan fingerprint density at radius 3 is 2.52 bits per heavy atom. The summed E-state index contributed by atoms with van der Waals surface area (Å²) in [7, 11) is 0. The predicted octanol–water partition coefficient (Wildman–Crippen LogP) is 3.36. The third kappa shape index (κ3) is 4.41. The van der Waals surface area contributed by atoms with Gasteiger partial charge in [0.05, 0.1) is 0 Å². The van der Waals surface area contributed by atoms with Crippen molar-refractivity contribution >= 4 is 21.8 Å². The van der Waals surface area contributed by atoms with E-state index in [-0.39, 0.29) is 5.91 Å². The van der Waals surface area contributed by atoms with E-state index >= 15 is 0 Å². The zero-order chi connectivity index (χ0) is 15.2. The maximum Gasteiger partial charge on any atom is 0.254 e. The lowest BCUT2D eigenvalue weighted by molar-refractivity contribution is 0.0748.